The fraction of sp³-hybridized carbons (Fsp3) is 0.333. The molecule has 8 nitrogen and oxygen atoms in total. The summed E-state index contributed by atoms with van der Waals surface area (Å²) in [6.45, 7) is 5.08. The van der Waals surface area contributed by atoms with Crippen molar-refractivity contribution < 1.29 is 41.0 Å². The Kier molecular flexibility index (Phi) is 12.5. The van der Waals surface area contributed by atoms with E-state index < -0.39 is 23.9 Å². The molecule has 9 heteroatoms. The molecule has 3 unspecified atom stereocenters. The molecule has 0 aromatic heterocycles. The van der Waals surface area contributed by atoms with Crippen LogP contribution in [0.25, 0.3) is 0 Å². The van der Waals surface area contributed by atoms with Gasteiger partial charge >= 0.3 is 11.9 Å². The van der Waals surface area contributed by atoms with Crippen molar-refractivity contribution >= 4 is 29.2 Å². The Morgan fingerprint density at radius 3 is 2.33 bits per heavy atom. The summed E-state index contributed by atoms with van der Waals surface area (Å²) in [6, 6.07) is 24.9. The molecular weight excluding hydrogens is 577 g/mol. The molecule has 4 rings (SSSR count). The molecule has 0 aliphatic carbocycles. The first kappa shape index (κ1) is 32.7. The molecule has 1 aliphatic heterocycles. The van der Waals surface area contributed by atoms with Crippen molar-refractivity contribution in [1.29, 1.82) is 0 Å². The van der Waals surface area contributed by atoms with E-state index in [1.165, 1.54) is 0 Å². The van der Waals surface area contributed by atoms with Crippen LogP contribution < -0.4 is 5.11 Å². The van der Waals surface area contributed by atoms with Gasteiger partial charge in [0.2, 0.25) is 0 Å². The third-order valence-electron chi connectivity index (χ3n) is 7.17. The predicted molar refractivity (Wildman–Crippen MR) is 157 cm³/mol. The van der Waals surface area contributed by atoms with Crippen LogP contribution in [0.3, 0.4) is 0 Å². The van der Waals surface area contributed by atoms with E-state index in [0.29, 0.717) is 29.1 Å². The van der Waals surface area contributed by atoms with Crippen molar-refractivity contribution in [2.24, 2.45) is 15.9 Å². The summed E-state index contributed by atoms with van der Waals surface area (Å²) < 4.78 is 5.04. The summed E-state index contributed by atoms with van der Waals surface area (Å²) in [5, 5.41) is 23.6. The van der Waals surface area contributed by atoms with E-state index in [-0.39, 0.29) is 41.5 Å². The maximum atomic E-state index is 13.6. The van der Waals surface area contributed by atoms with E-state index in [1.807, 2.05) is 54.6 Å². The average molecular weight is 613 g/mol. The topological polar surface area (TPSA) is 115 Å². The molecule has 0 radical (unpaired) electrons. The van der Waals surface area contributed by atoms with Gasteiger partial charge in [0.1, 0.15) is 0 Å². The van der Waals surface area contributed by atoms with Crippen molar-refractivity contribution in [1.82, 2.24) is 4.90 Å². The second-order valence-corrected chi connectivity index (χ2v) is 10.2. The molecule has 42 heavy (non-hydrogen) atoms. The van der Waals surface area contributed by atoms with Gasteiger partial charge in [0.05, 0.1) is 24.4 Å². The standard InChI is InChI=1S/C33H37N3O5.Ni/c1-3-41-29(37)21-23(2)30(33(39)40)35-31(25-15-8-5-9-16-25)26-17-10-11-18-27(26)34-32(38)28-19-12-20-36(28)22-24-13-6-4-7-14-24;/h4-11,13-18,23,28,30H,3,12,19-22H2,1-2H3,(H,34,38)(H,39,40);/p-1. The average Bonchev–Trinajstić information content (AvgIpc) is 3.43. The van der Waals surface area contributed by atoms with Gasteiger partial charge in [0.15, 0.2) is 6.04 Å². The van der Waals surface area contributed by atoms with Gasteiger partial charge in [-0.3, -0.25) is 19.7 Å². The van der Waals surface area contributed by atoms with Crippen molar-refractivity contribution in [2.45, 2.75) is 51.7 Å². The number of hydrogen-bond acceptors (Lipinski definition) is 7. The fourth-order valence-electron chi connectivity index (χ4n) is 5.13. The predicted octanol–water partition coefficient (Wildman–Crippen LogP) is 4.62. The number of likely N-dealkylation sites (tertiary alicyclic amines) is 1. The molecule has 0 amide bonds. The van der Waals surface area contributed by atoms with Crippen molar-refractivity contribution in [3.63, 3.8) is 0 Å². The Morgan fingerprint density at radius 2 is 1.67 bits per heavy atom. The van der Waals surface area contributed by atoms with E-state index in [2.05, 4.69) is 22.0 Å². The number of carbonyl (C=O) groups excluding carboxylic acids is 1. The van der Waals surface area contributed by atoms with Crippen LogP contribution in [0.5, 0.6) is 0 Å². The number of para-hydroxylation sites is 1. The Balaban J connectivity index is 0.00000484. The van der Waals surface area contributed by atoms with Crippen LogP contribution in [-0.2, 0) is 37.4 Å². The molecule has 1 saturated heterocycles. The summed E-state index contributed by atoms with van der Waals surface area (Å²) in [6.07, 6.45) is 1.55. The molecule has 1 N–H and O–H groups in total. The molecule has 0 bridgehead atoms. The first-order valence-electron chi connectivity index (χ1n) is 14.0. The Bertz CT molecular complexity index is 1380. The zero-order valence-electron chi connectivity index (χ0n) is 23.8. The van der Waals surface area contributed by atoms with E-state index in [4.69, 9.17) is 9.73 Å². The number of esters is 1. The quantitative estimate of drug-likeness (QED) is 0.138. The fourth-order valence-corrected chi connectivity index (χ4v) is 5.13. The minimum absolute atomic E-state index is 0. The minimum atomic E-state index is -1.21. The number of aliphatic carboxylic acids is 1. The van der Waals surface area contributed by atoms with Crippen LogP contribution >= 0.6 is 0 Å². The normalized spacial score (nSPS) is 17.2. The van der Waals surface area contributed by atoms with Gasteiger partial charge in [-0.2, -0.15) is 0 Å². The summed E-state index contributed by atoms with van der Waals surface area (Å²) >= 11 is 0. The molecule has 1 fully saturated rings. The number of carbonyl (C=O) groups is 2. The van der Waals surface area contributed by atoms with E-state index >= 15 is 0 Å². The molecular formula is C33H36N3NiO5-. The third kappa shape index (κ3) is 8.60. The van der Waals surface area contributed by atoms with Crippen LogP contribution in [0, 0.1) is 5.92 Å². The maximum absolute atomic E-state index is 13.6. The molecule has 3 aromatic rings. The smallest absolute Gasteiger partial charge is 0.328 e. The maximum Gasteiger partial charge on any atom is 0.328 e. The van der Waals surface area contributed by atoms with Gasteiger partial charge < -0.3 is 14.9 Å². The van der Waals surface area contributed by atoms with Crippen LogP contribution in [0.2, 0.25) is 0 Å². The number of ether oxygens (including phenoxy) is 1. The van der Waals surface area contributed by atoms with E-state index in [0.717, 1.165) is 24.9 Å². The summed E-state index contributed by atoms with van der Waals surface area (Å²) in [5.41, 5.74) is 3.20. The first-order valence-corrected chi connectivity index (χ1v) is 14.0. The van der Waals surface area contributed by atoms with E-state index in [1.54, 1.807) is 32.0 Å². The van der Waals surface area contributed by atoms with Crippen LogP contribution in [0.15, 0.2) is 94.9 Å². The Labute approximate surface area is 257 Å². The van der Waals surface area contributed by atoms with Crippen LogP contribution in [-0.4, -0.2) is 58.8 Å². The molecule has 224 valence electrons. The zero-order chi connectivity index (χ0) is 29.2. The van der Waals surface area contributed by atoms with Crippen molar-refractivity contribution in [3.05, 3.63) is 102 Å². The number of hydrogen-bond donors (Lipinski definition) is 1. The zero-order valence-corrected chi connectivity index (χ0v) is 24.8. The number of nitrogens with zero attached hydrogens (tertiary/aromatic N) is 3. The monoisotopic (exact) mass is 612 g/mol. The number of benzene rings is 3. The Hall–Kier alpha value is -3.81. The van der Waals surface area contributed by atoms with Gasteiger partial charge in [-0.25, -0.2) is 4.79 Å². The molecule has 3 aromatic carbocycles. The second-order valence-electron chi connectivity index (χ2n) is 10.2. The van der Waals surface area contributed by atoms with Crippen molar-refractivity contribution in [2.75, 3.05) is 13.2 Å². The largest absolute Gasteiger partial charge is 0.861 e. The molecule has 0 saturated carbocycles. The molecule has 1 aliphatic rings. The van der Waals surface area contributed by atoms with E-state index in [9.17, 15) is 19.8 Å². The molecule has 1 heterocycles. The van der Waals surface area contributed by atoms with Gasteiger partial charge in [-0.15, -0.1) is 0 Å². The summed E-state index contributed by atoms with van der Waals surface area (Å²) in [7, 11) is 0. The van der Waals surface area contributed by atoms with Gasteiger partial charge in [-0.1, -0.05) is 85.8 Å². The summed E-state index contributed by atoms with van der Waals surface area (Å²) in [5.74, 6) is -2.48. The number of carboxylic acid groups (broad SMARTS) is 1. The summed E-state index contributed by atoms with van der Waals surface area (Å²) in [4.78, 5) is 35.9. The Morgan fingerprint density at radius 1 is 1.02 bits per heavy atom. The third-order valence-corrected chi connectivity index (χ3v) is 7.17. The van der Waals surface area contributed by atoms with Gasteiger partial charge in [-0.05, 0) is 49.8 Å². The van der Waals surface area contributed by atoms with Gasteiger partial charge in [0.25, 0.3) is 0 Å². The second kappa shape index (κ2) is 16.0. The first-order chi connectivity index (χ1) is 19.9. The number of carboxylic acids is 1. The van der Waals surface area contributed by atoms with Gasteiger partial charge in [0, 0.05) is 40.2 Å². The number of aliphatic imine (C=N–C) groups is 2. The minimum Gasteiger partial charge on any atom is -0.861 e. The SMILES string of the molecule is CCOC(=O)CC(C)C(N=C(c1ccccc1)c1ccccc1N=C([O-])C1CCCN1Cc1ccccc1)C(=O)O.[Ni]. The van der Waals surface area contributed by atoms with Crippen LogP contribution in [0.1, 0.15) is 49.8 Å². The van der Waals surface area contributed by atoms with Crippen molar-refractivity contribution in [3.8, 4) is 0 Å². The molecule has 0 spiro atoms. The molecule has 3 atom stereocenters. The number of rotatable bonds is 12. The van der Waals surface area contributed by atoms with Crippen LogP contribution in [0.4, 0.5) is 5.69 Å².